The Morgan fingerprint density at radius 2 is 1.77 bits per heavy atom. The van der Waals surface area contributed by atoms with E-state index in [9.17, 15) is 14.7 Å². The van der Waals surface area contributed by atoms with E-state index in [1.807, 2.05) is 0 Å². The van der Waals surface area contributed by atoms with E-state index in [0.717, 1.165) is 0 Å². The average molecular weight is 340 g/mol. The van der Waals surface area contributed by atoms with E-state index >= 15 is 0 Å². The molecule has 0 bridgehead atoms. The molecule has 0 fully saturated rings. The molecule has 0 radical (unpaired) electrons. The molecular formula is C15H11Cl2NO4. The first kappa shape index (κ1) is 16.1. The summed E-state index contributed by atoms with van der Waals surface area (Å²) in [5.41, 5.74) is 0.155. The van der Waals surface area contributed by atoms with Crippen molar-refractivity contribution in [1.82, 2.24) is 0 Å². The molecule has 0 saturated heterocycles. The van der Waals surface area contributed by atoms with Crippen LogP contribution in [0.3, 0.4) is 0 Å². The Morgan fingerprint density at radius 1 is 1.14 bits per heavy atom. The number of aromatic carboxylic acids is 1. The normalized spacial score (nSPS) is 10.1. The van der Waals surface area contributed by atoms with E-state index in [4.69, 9.17) is 27.9 Å². The largest absolute Gasteiger partial charge is 0.497 e. The molecule has 2 N–H and O–H groups in total. The fourth-order valence-corrected chi connectivity index (χ4v) is 2.34. The third-order valence-corrected chi connectivity index (χ3v) is 3.39. The number of benzene rings is 2. The van der Waals surface area contributed by atoms with Crippen molar-refractivity contribution in [2.45, 2.75) is 0 Å². The van der Waals surface area contributed by atoms with Gasteiger partial charge >= 0.3 is 5.97 Å². The van der Waals surface area contributed by atoms with Gasteiger partial charge < -0.3 is 15.2 Å². The molecule has 7 heteroatoms. The molecule has 0 aromatic heterocycles. The van der Waals surface area contributed by atoms with Gasteiger partial charge in [0, 0.05) is 10.6 Å². The van der Waals surface area contributed by atoms with E-state index in [0.29, 0.717) is 11.3 Å². The van der Waals surface area contributed by atoms with Crippen LogP contribution in [0.2, 0.25) is 10.0 Å². The first-order valence-electron chi connectivity index (χ1n) is 6.10. The molecule has 0 heterocycles. The van der Waals surface area contributed by atoms with Gasteiger partial charge in [0.1, 0.15) is 5.75 Å². The van der Waals surface area contributed by atoms with Crippen LogP contribution in [0, 0.1) is 0 Å². The maximum Gasteiger partial charge on any atom is 0.337 e. The lowest BCUT2D eigenvalue weighted by atomic mass is 10.1. The van der Waals surface area contributed by atoms with Crippen molar-refractivity contribution in [2.24, 2.45) is 0 Å². The van der Waals surface area contributed by atoms with Gasteiger partial charge in [0.2, 0.25) is 0 Å². The van der Waals surface area contributed by atoms with E-state index in [2.05, 4.69) is 5.32 Å². The van der Waals surface area contributed by atoms with Gasteiger partial charge in [-0.1, -0.05) is 23.2 Å². The highest BCUT2D eigenvalue weighted by Crippen LogP contribution is 2.30. The van der Waals surface area contributed by atoms with Crippen molar-refractivity contribution in [3.05, 3.63) is 57.6 Å². The van der Waals surface area contributed by atoms with Crippen molar-refractivity contribution < 1.29 is 19.4 Å². The fraction of sp³-hybridized carbons (Fsp3) is 0.0667. The summed E-state index contributed by atoms with van der Waals surface area (Å²) in [5, 5.41) is 11.9. The molecule has 0 unspecified atom stereocenters. The zero-order valence-electron chi connectivity index (χ0n) is 11.4. The van der Waals surface area contributed by atoms with Crippen molar-refractivity contribution in [2.75, 3.05) is 12.4 Å². The summed E-state index contributed by atoms with van der Waals surface area (Å²) in [6.45, 7) is 0. The number of rotatable bonds is 4. The van der Waals surface area contributed by atoms with E-state index in [1.165, 1.54) is 19.2 Å². The van der Waals surface area contributed by atoms with E-state index < -0.39 is 11.9 Å². The minimum Gasteiger partial charge on any atom is -0.497 e. The average Bonchev–Trinajstić information content (AvgIpc) is 2.49. The SMILES string of the molecule is COc1ccc(C(=O)Nc2c(Cl)cc(Cl)cc2C(=O)O)cc1. The van der Waals surface area contributed by atoms with Gasteiger partial charge in [-0.25, -0.2) is 4.79 Å². The number of hydrogen-bond acceptors (Lipinski definition) is 3. The number of halogens is 2. The van der Waals surface area contributed by atoms with Crippen molar-refractivity contribution in [3.8, 4) is 5.75 Å². The molecule has 2 aromatic carbocycles. The topological polar surface area (TPSA) is 75.6 Å². The van der Waals surface area contributed by atoms with Gasteiger partial charge in [-0.3, -0.25) is 4.79 Å². The molecule has 0 atom stereocenters. The highest BCUT2D eigenvalue weighted by atomic mass is 35.5. The number of amides is 1. The first-order chi connectivity index (χ1) is 10.4. The van der Waals surface area contributed by atoms with Crippen molar-refractivity contribution in [3.63, 3.8) is 0 Å². The van der Waals surface area contributed by atoms with Crippen molar-refractivity contribution in [1.29, 1.82) is 0 Å². The Labute approximate surface area is 136 Å². The predicted molar refractivity (Wildman–Crippen MR) is 84.4 cm³/mol. The van der Waals surface area contributed by atoms with Crippen LogP contribution in [0.4, 0.5) is 5.69 Å². The third-order valence-electron chi connectivity index (χ3n) is 2.88. The summed E-state index contributed by atoms with van der Waals surface area (Å²) in [6.07, 6.45) is 0. The second-order valence-corrected chi connectivity index (χ2v) is 5.14. The smallest absolute Gasteiger partial charge is 0.337 e. The van der Waals surface area contributed by atoms with Crippen LogP contribution in [0.5, 0.6) is 5.75 Å². The highest BCUT2D eigenvalue weighted by molar-refractivity contribution is 6.38. The quantitative estimate of drug-likeness (QED) is 0.884. The molecular weight excluding hydrogens is 329 g/mol. The van der Waals surface area contributed by atoms with Gasteiger partial charge in [0.05, 0.1) is 23.4 Å². The summed E-state index contributed by atoms with van der Waals surface area (Å²) in [5.74, 6) is -1.13. The van der Waals surface area contributed by atoms with Crippen LogP contribution in [0.15, 0.2) is 36.4 Å². The monoisotopic (exact) mass is 339 g/mol. The maximum atomic E-state index is 12.2. The number of nitrogens with one attached hydrogen (secondary N) is 1. The van der Waals surface area contributed by atoms with Crippen LogP contribution in [-0.2, 0) is 0 Å². The maximum absolute atomic E-state index is 12.2. The van der Waals surface area contributed by atoms with Crippen LogP contribution in [0.1, 0.15) is 20.7 Å². The van der Waals surface area contributed by atoms with Gasteiger partial charge in [0.15, 0.2) is 0 Å². The molecule has 0 aliphatic carbocycles. The number of carboxylic acids is 1. The number of anilines is 1. The minimum absolute atomic E-state index is 0.000570. The highest BCUT2D eigenvalue weighted by Gasteiger charge is 2.18. The Morgan fingerprint density at radius 3 is 2.32 bits per heavy atom. The molecule has 114 valence electrons. The second kappa shape index (κ2) is 6.68. The summed E-state index contributed by atoms with van der Waals surface area (Å²) in [7, 11) is 1.52. The van der Waals surface area contributed by atoms with Crippen LogP contribution < -0.4 is 10.1 Å². The molecule has 22 heavy (non-hydrogen) atoms. The number of methoxy groups -OCH3 is 1. The predicted octanol–water partition coefficient (Wildman–Crippen LogP) is 3.95. The fourth-order valence-electron chi connectivity index (χ4n) is 1.80. The van der Waals surface area contributed by atoms with Crippen LogP contribution >= 0.6 is 23.2 Å². The lowest BCUT2D eigenvalue weighted by molar-refractivity contribution is 0.0698. The summed E-state index contributed by atoms with van der Waals surface area (Å²) in [4.78, 5) is 23.4. The van der Waals surface area contributed by atoms with Gasteiger partial charge in [-0.05, 0) is 36.4 Å². The Bertz CT molecular complexity index is 729. The molecule has 0 aliphatic rings. The van der Waals surface area contributed by atoms with Crippen LogP contribution in [0.25, 0.3) is 0 Å². The third kappa shape index (κ3) is 3.50. The Hall–Kier alpha value is -2.24. The molecule has 1 amide bonds. The number of carbonyl (C=O) groups is 2. The Balaban J connectivity index is 2.33. The molecule has 2 rings (SSSR count). The summed E-state index contributed by atoms with van der Waals surface area (Å²) in [6, 6.07) is 8.93. The minimum atomic E-state index is -1.24. The first-order valence-corrected chi connectivity index (χ1v) is 6.85. The lowest BCUT2D eigenvalue weighted by Crippen LogP contribution is -2.15. The van der Waals surface area contributed by atoms with Crippen molar-refractivity contribution >= 4 is 40.8 Å². The van der Waals surface area contributed by atoms with Crippen LogP contribution in [-0.4, -0.2) is 24.1 Å². The summed E-state index contributed by atoms with van der Waals surface area (Å²) >= 11 is 11.8. The van der Waals surface area contributed by atoms with Gasteiger partial charge in [-0.15, -0.1) is 0 Å². The molecule has 0 aliphatic heterocycles. The zero-order valence-corrected chi connectivity index (χ0v) is 12.9. The number of carbonyl (C=O) groups excluding carboxylic acids is 1. The zero-order chi connectivity index (χ0) is 16.3. The lowest BCUT2D eigenvalue weighted by Gasteiger charge is -2.11. The molecule has 0 spiro atoms. The summed E-state index contributed by atoms with van der Waals surface area (Å²) < 4.78 is 5.00. The number of hydrogen-bond donors (Lipinski definition) is 2. The van der Waals surface area contributed by atoms with Gasteiger partial charge in [0.25, 0.3) is 5.91 Å². The molecule has 2 aromatic rings. The van der Waals surface area contributed by atoms with E-state index in [1.54, 1.807) is 24.3 Å². The molecule has 0 saturated carbocycles. The standard InChI is InChI=1S/C15H11Cl2NO4/c1-22-10-4-2-8(3-5-10)14(19)18-13-11(15(20)21)6-9(16)7-12(13)17/h2-7H,1H3,(H,18,19)(H,20,21). The second-order valence-electron chi connectivity index (χ2n) is 4.30. The van der Waals surface area contributed by atoms with Gasteiger partial charge in [-0.2, -0.15) is 0 Å². The van der Waals surface area contributed by atoms with E-state index in [-0.39, 0.29) is 21.3 Å². The number of carboxylic acid groups (broad SMARTS) is 1. The Kier molecular flexibility index (Phi) is 4.90. The number of ether oxygens (including phenoxy) is 1. The molecule has 5 nitrogen and oxygen atoms in total.